The van der Waals surface area contributed by atoms with Gasteiger partial charge < -0.3 is 5.11 Å². The molecule has 1 aromatic rings. The SMILES string of the molecule is O=C(O)/C=C/c1cc(F)cc(C(F)F)c1F. The van der Waals surface area contributed by atoms with Gasteiger partial charge >= 0.3 is 5.97 Å². The van der Waals surface area contributed by atoms with E-state index in [1.54, 1.807) is 0 Å². The molecule has 86 valence electrons. The number of benzene rings is 1. The lowest BCUT2D eigenvalue weighted by Gasteiger charge is -2.04. The van der Waals surface area contributed by atoms with Crippen molar-refractivity contribution in [3.05, 3.63) is 41.0 Å². The molecular weight excluding hydrogens is 228 g/mol. The number of carbonyl (C=O) groups is 1. The molecule has 0 heterocycles. The van der Waals surface area contributed by atoms with Gasteiger partial charge in [-0.25, -0.2) is 22.4 Å². The quantitative estimate of drug-likeness (QED) is 0.644. The molecular formula is C10H6F4O2. The first-order valence-corrected chi connectivity index (χ1v) is 4.10. The van der Waals surface area contributed by atoms with Gasteiger partial charge in [-0.2, -0.15) is 0 Å². The normalized spacial score (nSPS) is 11.3. The van der Waals surface area contributed by atoms with Gasteiger partial charge in [0.25, 0.3) is 6.43 Å². The Labute approximate surface area is 87.8 Å². The van der Waals surface area contributed by atoms with Crippen LogP contribution in [0.5, 0.6) is 0 Å². The molecule has 0 amide bonds. The van der Waals surface area contributed by atoms with Crippen molar-refractivity contribution < 1.29 is 27.5 Å². The first kappa shape index (κ1) is 12.2. The minimum atomic E-state index is -3.16. The van der Waals surface area contributed by atoms with Crippen LogP contribution in [-0.2, 0) is 4.79 Å². The number of rotatable bonds is 3. The summed E-state index contributed by atoms with van der Waals surface area (Å²) in [4.78, 5) is 10.1. The van der Waals surface area contributed by atoms with Crippen LogP contribution in [0.3, 0.4) is 0 Å². The number of aliphatic carboxylic acids is 1. The van der Waals surface area contributed by atoms with Crippen molar-refractivity contribution in [1.82, 2.24) is 0 Å². The van der Waals surface area contributed by atoms with Crippen molar-refractivity contribution in [1.29, 1.82) is 0 Å². The van der Waals surface area contributed by atoms with Gasteiger partial charge in [-0.05, 0) is 18.2 Å². The van der Waals surface area contributed by atoms with Gasteiger partial charge in [0.1, 0.15) is 11.6 Å². The van der Waals surface area contributed by atoms with E-state index >= 15 is 0 Å². The second-order valence-corrected chi connectivity index (χ2v) is 2.87. The third-order valence-corrected chi connectivity index (χ3v) is 1.73. The number of hydrogen-bond donors (Lipinski definition) is 1. The molecule has 0 aliphatic heterocycles. The van der Waals surface area contributed by atoms with Gasteiger partial charge in [-0.1, -0.05) is 0 Å². The third-order valence-electron chi connectivity index (χ3n) is 1.73. The second kappa shape index (κ2) is 4.78. The van der Waals surface area contributed by atoms with E-state index in [9.17, 15) is 22.4 Å². The summed E-state index contributed by atoms with van der Waals surface area (Å²) >= 11 is 0. The van der Waals surface area contributed by atoms with Crippen LogP contribution < -0.4 is 0 Å². The highest BCUT2D eigenvalue weighted by molar-refractivity contribution is 5.85. The molecule has 1 aromatic carbocycles. The van der Waals surface area contributed by atoms with Crippen LogP contribution in [0.2, 0.25) is 0 Å². The minimum Gasteiger partial charge on any atom is -0.478 e. The predicted molar refractivity (Wildman–Crippen MR) is 48.0 cm³/mol. The van der Waals surface area contributed by atoms with Gasteiger partial charge in [0.15, 0.2) is 0 Å². The summed E-state index contributed by atoms with van der Waals surface area (Å²) in [6.45, 7) is 0. The zero-order valence-corrected chi connectivity index (χ0v) is 7.75. The fraction of sp³-hybridized carbons (Fsp3) is 0.100. The average Bonchev–Trinajstić information content (AvgIpc) is 2.18. The van der Waals surface area contributed by atoms with Gasteiger partial charge in [0.05, 0.1) is 5.56 Å². The molecule has 0 aliphatic rings. The monoisotopic (exact) mass is 234 g/mol. The highest BCUT2D eigenvalue weighted by Crippen LogP contribution is 2.26. The summed E-state index contributed by atoms with van der Waals surface area (Å²) in [6.07, 6.45) is -1.91. The Kier molecular flexibility index (Phi) is 3.65. The van der Waals surface area contributed by atoms with Crippen molar-refractivity contribution in [2.45, 2.75) is 6.43 Å². The maximum atomic E-state index is 13.3. The summed E-state index contributed by atoms with van der Waals surface area (Å²) in [5, 5.41) is 8.26. The molecule has 0 saturated heterocycles. The Morgan fingerprint density at radius 3 is 2.44 bits per heavy atom. The second-order valence-electron chi connectivity index (χ2n) is 2.87. The molecule has 1 N–H and O–H groups in total. The van der Waals surface area contributed by atoms with Crippen molar-refractivity contribution in [3.63, 3.8) is 0 Å². The molecule has 0 aliphatic carbocycles. The highest BCUT2D eigenvalue weighted by atomic mass is 19.3. The minimum absolute atomic E-state index is 0.373. The van der Waals surface area contributed by atoms with E-state index in [-0.39, 0.29) is 0 Å². The van der Waals surface area contributed by atoms with Crippen molar-refractivity contribution >= 4 is 12.0 Å². The van der Waals surface area contributed by atoms with Gasteiger partial charge in [0, 0.05) is 11.6 Å². The smallest absolute Gasteiger partial charge is 0.328 e. The molecule has 0 fully saturated rings. The maximum absolute atomic E-state index is 13.3. The number of alkyl halides is 2. The lowest BCUT2D eigenvalue weighted by molar-refractivity contribution is -0.131. The number of halogens is 4. The predicted octanol–water partition coefficient (Wildman–Crippen LogP) is 3.00. The molecule has 0 atom stereocenters. The van der Waals surface area contributed by atoms with E-state index in [1.165, 1.54) is 0 Å². The molecule has 1 rings (SSSR count). The van der Waals surface area contributed by atoms with E-state index in [2.05, 4.69) is 0 Å². The molecule has 0 unspecified atom stereocenters. The zero-order chi connectivity index (χ0) is 12.3. The van der Waals surface area contributed by atoms with Crippen molar-refractivity contribution in [3.8, 4) is 0 Å². The van der Waals surface area contributed by atoms with E-state index in [0.717, 1.165) is 0 Å². The van der Waals surface area contributed by atoms with Crippen LogP contribution in [0.1, 0.15) is 17.6 Å². The maximum Gasteiger partial charge on any atom is 0.328 e. The van der Waals surface area contributed by atoms with Crippen LogP contribution in [0.4, 0.5) is 17.6 Å². The van der Waals surface area contributed by atoms with E-state index in [4.69, 9.17) is 5.11 Å². The number of hydrogen-bond acceptors (Lipinski definition) is 1. The van der Waals surface area contributed by atoms with Crippen LogP contribution in [0.25, 0.3) is 6.08 Å². The lowest BCUT2D eigenvalue weighted by atomic mass is 10.1. The molecule has 0 aromatic heterocycles. The van der Waals surface area contributed by atoms with Gasteiger partial charge in [-0.15, -0.1) is 0 Å². The zero-order valence-electron chi connectivity index (χ0n) is 7.75. The molecule has 0 bridgehead atoms. The van der Waals surface area contributed by atoms with Crippen LogP contribution >= 0.6 is 0 Å². The Morgan fingerprint density at radius 1 is 1.31 bits per heavy atom. The Hall–Kier alpha value is -1.85. The van der Waals surface area contributed by atoms with Crippen LogP contribution in [-0.4, -0.2) is 11.1 Å². The standard InChI is InChI=1S/C10H6F4O2/c11-6-3-5(1-2-8(15)16)9(12)7(4-6)10(13)14/h1-4,10H,(H,15,16)/b2-1+. The van der Waals surface area contributed by atoms with Crippen LogP contribution in [0, 0.1) is 11.6 Å². The van der Waals surface area contributed by atoms with Gasteiger partial charge in [-0.3, -0.25) is 0 Å². The first-order valence-electron chi connectivity index (χ1n) is 4.10. The number of carboxylic acid groups (broad SMARTS) is 1. The van der Waals surface area contributed by atoms with Crippen LogP contribution in [0.15, 0.2) is 18.2 Å². The van der Waals surface area contributed by atoms with E-state index in [0.29, 0.717) is 24.3 Å². The summed E-state index contributed by atoms with van der Waals surface area (Å²) in [6, 6.07) is 1.01. The largest absolute Gasteiger partial charge is 0.478 e. The molecule has 0 spiro atoms. The summed E-state index contributed by atoms with van der Waals surface area (Å²) < 4.78 is 50.6. The fourth-order valence-electron chi connectivity index (χ4n) is 1.07. The molecule has 0 radical (unpaired) electrons. The Balaban J connectivity index is 3.24. The topological polar surface area (TPSA) is 37.3 Å². The first-order chi connectivity index (χ1) is 7.41. The Bertz CT molecular complexity index is 441. The summed E-state index contributed by atoms with van der Waals surface area (Å²) in [5.74, 6) is -3.77. The van der Waals surface area contributed by atoms with Crippen molar-refractivity contribution in [2.24, 2.45) is 0 Å². The summed E-state index contributed by atoms with van der Waals surface area (Å²) in [7, 11) is 0. The van der Waals surface area contributed by atoms with Gasteiger partial charge in [0.2, 0.25) is 0 Å². The third kappa shape index (κ3) is 2.82. The lowest BCUT2D eigenvalue weighted by Crippen LogP contribution is -1.96. The van der Waals surface area contributed by atoms with E-state index in [1.807, 2.05) is 0 Å². The molecule has 16 heavy (non-hydrogen) atoms. The Morgan fingerprint density at radius 2 is 1.94 bits per heavy atom. The fourth-order valence-corrected chi connectivity index (χ4v) is 1.07. The highest BCUT2D eigenvalue weighted by Gasteiger charge is 2.17. The van der Waals surface area contributed by atoms with Crippen molar-refractivity contribution in [2.75, 3.05) is 0 Å². The molecule has 2 nitrogen and oxygen atoms in total. The average molecular weight is 234 g/mol. The number of carboxylic acids is 1. The summed E-state index contributed by atoms with van der Waals surface area (Å²) in [5.41, 5.74) is -1.62. The molecule has 0 saturated carbocycles. The van der Waals surface area contributed by atoms with E-state index < -0.39 is 35.2 Å². The molecule has 6 heteroatoms.